The Labute approximate surface area is 155 Å². The highest BCUT2D eigenvalue weighted by Gasteiger charge is 2.29. The molecule has 1 aliphatic rings. The lowest BCUT2D eigenvalue weighted by Gasteiger charge is -2.32. The molecule has 0 aromatic heterocycles. The van der Waals surface area contributed by atoms with Gasteiger partial charge in [0.05, 0.1) is 5.92 Å². The highest BCUT2D eigenvalue weighted by atomic mass is 16.2. The topological polar surface area (TPSA) is 49.4 Å². The maximum absolute atomic E-state index is 12.8. The van der Waals surface area contributed by atoms with Gasteiger partial charge < -0.3 is 10.2 Å². The summed E-state index contributed by atoms with van der Waals surface area (Å²) in [6.07, 6.45) is 2.54. The Morgan fingerprint density at radius 1 is 1.15 bits per heavy atom. The van der Waals surface area contributed by atoms with E-state index in [9.17, 15) is 9.59 Å². The van der Waals surface area contributed by atoms with Crippen molar-refractivity contribution >= 4 is 17.5 Å². The summed E-state index contributed by atoms with van der Waals surface area (Å²) in [5.74, 6) is -0.143. The molecule has 1 N–H and O–H groups in total. The third-order valence-corrected chi connectivity index (χ3v) is 5.00. The van der Waals surface area contributed by atoms with Crippen LogP contribution in [0.1, 0.15) is 41.3 Å². The van der Waals surface area contributed by atoms with E-state index < -0.39 is 0 Å². The monoisotopic (exact) mass is 350 g/mol. The van der Waals surface area contributed by atoms with Gasteiger partial charge in [0.25, 0.3) is 5.91 Å². The van der Waals surface area contributed by atoms with Crippen LogP contribution in [0.4, 0.5) is 5.69 Å². The SMILES string of the molecule is CCc1ccccc1NC(=O)[C@@H]1CCCN(C(=O)c2cccc(C)c2)C1. The molecule has 1 saturated heterocycles. The Bertz CT molecular complexity index is 800. The number of benzene rings is 2. The summed E-state index contributed by atoms with van der Waals surface area (Å²) in [5.41, 5.74) is 3.77. The minimum atomic E-state index is -0.164. The molecule has 1 aliphatic heterocycles. The van der Waals surface area contributed by atoms with Crippen molar-refractivity contribution in [3.63, 3.8) is 0 Å². The van der Waals surface area contributed by atoms with Crippen LogP contribution in [0.15, 0.2) is 48.5 Å². The predicted octanol–water partition coefficient (Wildman–Crippen LogP) is 4.05. The summed E-state index contributed by atoms with van der Waals surface area (Å²) in [6, 6.07) is 15.5. The van der Waals surface area contributed by atoms with Crippen molar-refractivity contribution in [2.24, 2.45) is 5.92 Å². The summed E-state index contributed by atoms with van der Waals surface area (Å²) in [6.45, 7) is 5.25. The lowest BCUT2D eigenvalue weighted by atomic mass is 9.96. The molecule has 1 fully saturated rings. The number of carbonyl (C=O) groups excluding carboxylic acids is 2. The van der Waals surface area contributed by atoms with E-state index >= 15 is 0 Å². The summed E-state index contributed by atoms with van der Waals surface area (Å²) in [4.78, 5) is 27.3. The summed E-state index contributed by atoms with van der Waals surface area (Å²) in [7, 11) is 0. The van der Waals surface area contributed by atoms with E-state index in [1.807, 2.05) is 60.4 Å². The molecule has 1 atom stereocenters. The van der Waals surface area contributed by atoms with Crippen LogP contribution in [0, 0.1) is 12.8 Å². The number of hydrogen-bond acceptors (Lipinski definition) is 2. The quantitative estimate of drug-likeness (QED) is 0.904. The highest BCUT2D eigenvalue weighted by Crippen LogP contribution is 2.22. The first-order valence-corrected chi connectivity index (χ1v) is 9.33. The minimum Gasteiger partial charge on any atom is -0.338 e. The van der Waals surface area contributed by atoms with Crippen molar-refractivity contribution in [2.75, 3.05) is 18.4 Å². The Kier molecular flexibility index (Phi) is 5.71. The van der Waals surface area contributed by atoms with Gasteiger partial charge in [0.2, 0.25) is 5.91 Å². The largest absolute Gasteiger partial charge is 0.338 e. The van der Waals surface area contributed by atoms with E-state index in [1.165, 1.54) is 0 Å². The number of para-hydroxylation sites is 1. The fourth-order valence-electron chi connectivity index (χ4n) is 3.52. The van der Waals surface area contributed by atoms with Gasteiger partial charge >= 0.3 is 0 Å². The maximum atomic E-state index is 12.8. The van der Waals surface area contributed by atoms with Crippen LogP contribution in [0.25, 0.3) is 0 Å². The zero-order valence-corrected chi connectivity index (χ0v) is 15.5. The molecule has 2 aromatic rings. The lowest BCUT2D eigenvalue weighted by molar-refractivity contribution is -0.121. The number of carbonyl (C=O) groups is 2. The standard InChI is InChI=1S/C22H26N2O2/c1-3-17-9-4-5-12-20(17)23-21(25)19-11-7-13-24(15-19)22(26)18-10-6-8-16(2)14-18/h4-6,8-10,12,14,19H,3,7,11,13,15H2,1-2H3,(H,23,25)/t19-/m1/s1. The van der Waals surface area contributed by atoms with Crippen molar-refractivity contribution in [2.45, 2.75) is 33.1 Å². The molecule has 1 heterocycles. The van der Waals surface area contributed by atoms with Gasteiger partial charge in [-0.15, -0.1) is 0 Å². The van der Waals surface area contributed by atoms with Crippen LogP contribution in [-0.4, -0.2) is 29.8 Å². The zero-order chi connectivity index (χ0) is 18.5. The minimum absolute atomic E-state index is 0.00708. The molecular formula is C22H26N2O2. The molecule has 136 valence electrons. The molecule has 2 amide bonds. The molecule has 4 heteroatoms. The van der Waals surface area contributed by atoms with Crippen molar-refractivity contribution in [1.82, 2.24) is 4.90 Å². The average molecular weight is 350 g/mol. The van der Waals surface area contributed by atoms with E-state index in [0.29, 0.717) is 18.7 Å². The number of nitrogens with one attached hydrogen (secondary N) is 1. The Balaban J connectivity index is 1.68. The van der Waals surface area contributed by atoms with Crippen LogP contribution in [0.5, 0.6) is 0 Å². The Morgan fingerprint density at radius 2 is 1.96 bits per heavy atom. The molecule has 3 rings (SSSR count). The molecule has 0 spiro atoms. The lowest BCUT2D eigenvalue weighted by Crippen LogP contribution is -2.43. The smallest absolute Gasteiger partial charge is 0.253 e. The molecule has 2 aromatic carbocycles. The molecular weight excluding hydrogens is 324 g/mol. The van der Waals surface area contributed by atoms with Gasteiger partial charge in [-0.2, -0.15) is 0 Å². The number of piperidine rings is 1. The second-order valence-corrected chi connectivity index (χ2v) is 6.96. The van der Waals surface area contributed by atoms with Gasteiger partial charge in [-0.05, 0) is 49.9 Å². The normalized spacial score (nSPS) is 17.0. The number of amides is 2. The molecule has 0 unspecified atom stereocenters. The third kappa shape index (κ3) is 4.13. The van der Waals surface area contributed by atoms with Crippen LogP contribution in [0.2, 0.25) is 0 Å². The van der Waals surface area contributed by atoms with Gasteiger partial charge in [-0.25, -0.2) is 0 Å². The second-order valence-electron chi connectivity index (χ2n) is 6.96. The van der Waals surface area contributed by atoms with Crippen LogP contribution >= 0.6 is 0 Å². The summed E-state index contributed by atoms with van der Waals surface area (Å²) >= 11 is 0. The number of aryl methyl sites for hydroxylation is 2. The number of nitrogens with zero attached hydrogens (tertiary/aromatic N) is 1. The third-order valence-electron chi connectivity index (χ3n) is 5.00. The molecule has 0 radical (unpaired) electrons. The fraction of sp³-hybridized carbons (Fsp3) is 0.364. The van der Waals surface area contributed by atoms with Crippen LogP contribution < -0.4 is 5.32 Å². The first-order chi connectivity index (χ1) is 12.6. The van der Waals surface area contributed by atoms with Crippen LogP contribution in [0.3, 0.4) is 0 Å². The number of hydrogen-bond donors (Lipinski definition) is 1. The summed E-state index contributed by atoms with van der Waals surface area (Å²) < 4.78 is 0. The van der Waals surface area contributed by atoms with E-state index in [-0.39, 0.29) is 17.7 Å². The van der Waals surface area contributed by atoms with Gasteiger partial charge in [-0.3, -0.25) is 9.59 Å². The van der Waals surface area contributed by atoms with Crippen molar-refractivity contribution in [3.05, 3.63) is 65.2 Å². The predicted molar refractivity (Wildman–Crippen MR) is 104 cm³/mol. The first-order valence-electron chi connectivity index (χ1n) is 9.33. The average Bonchev–Trinajstić information content (AvgIpc) is 2.68. The molecule has 0 aliphatic carbocycles. The van der Waals surface area contributed by atoms with Gasteiger partial charge in [0, 0.05) is 24.3 Å². The Morgan fingerprint density at radius 3 is 2.73 bits per heavy atom. The Hall–Kier alpha value is -2.62. The summed E-state index contributed by atoms with van der Waals surface area (Å²) in [5, 5.41) is 3.06. The van der Waals surface area contributed by atoms with E-state index in [1.54, 1.807) is 0 Å². The second kappa shape index (κ2) is 8.17. The van der Waals surface area contributed by atoms with E-state index in [0.717, 1.165) is 36.1 Å². The van der Waals surface area contributed by atoms with Crippen molar-refractivity contribution in [3.8, 4) is 0 Å². The first kappa shape index (κ1) is 18.2. The number of likely N-dealkylation sites (tertiary alicyclic amines) is 1. The van der Waals surface area contributed by atoms with E-state index in [2.05, 4.69) is 12.2 Å². The van der Waals surface area contributed by atoms with E-state index in [4.69, 9.17) is 0 Å². The van der Waals surface area contributed by atoms with Crippen molar-refractivity contribution < 1.29 is 9.59 Å². The van der Waals surface area contributed by atoms with Gasteiger partial charge in [0.1, 0.15) is 0 Å². The molecule has 26 heavy (non-hydrogen) atoms. The maximum Gasteiger partial charge on any atom is 0.253 e. The fourth-order valence-corrected chi connectivity index (χ4v) is 3.52. The van der Waals surface area contributed by atoms with Gasteiger partial charge in [-0.1, -0.05) is 42.8 Å². The zero-order valence-electron chi connectivity index (χ0n) is 15.5. The highest BCUT2D eigenvalue weighted by molar-refractivity contribution is 5.96. The van der Waals surface area contributed by atoms with Gasteiger partial charge in [0.15, 0.2) is 0 Å². The number of rotatable bonds is 4. The van der Waals surface area contributed by atoms with Crippen LogP contribution in [-0.2, 0) is 11.2 Å². The molecule has 0 saturated carbocycles. The number of anilines is 1. The molecule has 0 bridgehead atoms. The van der Waals surface area contributed by atoms with Crippen molar-refractivity contribution in [1.29, 1.82) is 0 Å². The molecule has 4 nitrogen and oxygen atoms in total.